The quantitative estimate of drug-likeness (QED) is 0.508. The summed E-state index contributed by atoms with van der Waals surface area (Å²) in [6, 6.07) is 0. The Labute approximate surface area is 90.6 Å². The van der Waals surface area contributed by atoms with Crippen molar-refractivity contribution in [1.82, 2.24) is 0 Å². The van der Waals surface area contributed by atoms with Crippen molar-refractivity contribution in [3.05, 3.63) is 6.92 Å². The van der Waals surface area contributed by atoms with E-state index >= 15 is 0 Å². The molecular weight excluding hydrogens is 199 g/mol. The molecule has 0 amide bonds. The van der Waals surface area contributed by atoms with Gasteiger partial charge in [-0.15, -0.1) is 0 Å². The van der Waals surface area contributed by atoms with Crippen molar-refractivity contribution in [3.63, 3.8) is 0 Å². The van der Waals surface area contributed by atoms with Gasteiger partial charge in [-0.2, -0.15) is 12.8 Å². The first-order valence-corrected chi connectivity index (χ1v) is 3.60. The summed E-state index contributed by atoms with van der Waals surface area (Å²) >= 11 is 0. The fraction of sp³-hybridized carbons (Fsp3) is 0.750. The van der Waals surface area contributed by atoms with Crippen LogP contribution in [0, 0.1) is 6.92 Å². The van der Waals surface area contributed by atoms with Crippen molar-refractivity contribution in [2.45, 2.75) is 33.6 Å². The van der Waals surface area contributed by atoms with E-state index in [9.17, 15) is 0 Å². The van der Waals surface area contributed by atoms with Gasteiger partial charge >= 0.3 is 0 Å². The summed E-state index contributed by atoms with van der Waals surface area (Å²) in [5.74, 6) is 0. The normalized spacial score (nSPS) is 8.00. The van der Waals surface area contributed by atoms with Crippen molar-refractivity contribution in [2.75, 3.05) is 6.54 Å². The molecule has 0 atom stereocenters. The van der Waals surface area contributed by atoms with Crippen molar-refractivity contribution >= 4 is 6.21 Å². The second-order valence-electron chi connectivity index (χ2n) is 1.25. The van der Waals surface area contributed by atoms with Crippen molar-refractivity contribution < 1.29 is 32.7 Å². The van der Waals surface area contributed by atoms with E-state index in [1.807, 2.05) is 20.8 Å². The number of hydrogen-bond acceptors (Lipinski definition) is 1. The molecule has 0 unspecified atom stereocenters. The van der Waals surface area contributed by atoms with Crippen LogP contribution >= 0.6 is 0 Å². The molecule has 0 fully saturated rings. The van der Waals surface area contributed by atoms with Gasteiger partial charge in [0.25, 0.3) is 0 Å². The molecule has 0 aromatic rings. The monoisotopic (exact) mass is 216 g/mol. The molecule has 2 heteroatoms. The van der Waals surface area contributed by atoms with E-state index < -0.39 is 0 Å². The molecule has 0 aromatic heterocycles. The van der Waals surface area contributed by atoms with Gasteiger partial charge in [0, 0.05) is 32.7 Å². The van der Waals surface area contributed by atoms with Crippen LogP contribution in [0.2, 0.25) is 0 Å². The van der Waals surface area contributed by atoms with E-state index in [1.165, 1.54) is 0 Å². The van der Waals surface area contributed by atoms with Crippen LogP contribution in [0.15, 0.2) is 4.99 Å². The summed E-state index contributed by atoms with van der Waals surface area (Å²) in [6.45, 7) is 10.5. The molecule has 1 nitrogen and oxygen atoms in total. The molecule has 0 saturated carbocycles. The largest absolute Gasteiger partial charge is 0.505 e. The van der Waals surface area contributed by atoms with E-state index in [1.54, 1.807) is 0 Å². The average molecular weight is 216 g/mol. The van der Waals surface area contributed by atoms with Crippen molar-refractivity contribution in [1.29, 1.82) is 0 Å². The Morgan fingerprint density at radius 2 is 1.90 bits per heavy atom. The Bertz CT molecular complexity index is 53.2. The smallest absolute Gasteiger partial charge is 0 e. The summed E-state index contributed by atoms with van der Waals surface area (Å²) in [4.78, 5) is 3.90. The SMILES string of the molecule is CC.[CH2-]CCN=[C-]CC.[Y]. The molecule has 0 spiro atoms. The van der Waals surface area contributed by atoms with Gasteiger partial charge in [0.15, 0.2) is 0 Å². The van der Waals surface area contributed by atoms with Crippen LogP contribution in [0.1, 0.15) is 33.6 Å². The van der Waals surface area contributed by atoms with Crippen LogP contribution in [0.25, 0.3) is 0 Å². The molecular formula is C8H17NY-2. The fourth-order valence-electron chi connectivity index (χ4n) is 0.270. The van der Waals surface area contributed by atoms with Crippen LogP contribution in [-0.2, 0) is 32.7 Å². The zero-order valence-corrected chi connectivity index (χ0v) is 10.2. The van der Waals surface area contributed by atoms with Crippen LogP contribution in [0.3, 0.4) is 0 Å². The number of rotatable bonds is 3. The Hall–Kier alpha value is 0.774. The van der Waals surface area contributed by atoms with E-state index in [0.717, 1.165) is 19.4 Å². The third-order valence-electron chi connectivity index (χ3n) is 0.540. The molecule has 0 saturated heterocycles. The molecule has 0 aliphatic carbocycles. The van der Waals surface area contributed by atoms with E-state index in [-0.39, 0.29) is 32.7 Å². The number of aliphatic imine (C=N–C) groups is 1. The summed E-state index contributed by atoms with van der Waals surface area (Å²) in [7, 11) is 0. The van der Waals surface area contributed by atoms with Gasteiger partial charge in [0.1, 0.15) is 0 Å². The van der Waals surface area contributed by atoms with Crippen LogP contribution < -0.4 is 0 Å². The Morgan fingerprint density at radius 3 is 2.20 bits per heavy atom. The van der Waals surface area contributed by atoms with Crippen molar-refractivity contribution in [2.24, 2.45) is 4.99 Å². The van der Waals surface area contributed by atoms with Crippen LogP contribution in [0.4, 0.5) is 0 Å². The first-order chi connectivity index (χ1) is 4.41. The predicted octanol–water partition coefficient (Wildman–Crippen LogP) is 2.59. The molecule has 0 heterocycles. The molecule has 10 heavy (non-hydrogen) atoms. The van der Waals surface area contributed by atoms with Gasteiger partial charge in [-0.3, -0.25) is 0 Å². The standard InChI is InChI=1S/C6H11N.C2H6.Y/c1-3-5-7-6-4-2;1-2;/h1,3-5H2,2H3;1-2H3;/q-2;;. The van der Waals surface area contributed by atoms with E-state index in [4.69, 9.17) is 0 Å². The second-order valence-corrected chi connectivity index (χ2v) is 1.25. The molecule has 0 aromatic carbocycles. The Kier molecular flexibility index (Phi) is 38.4. The summed E-state index contributed by atoms with van der Waals surface area (Å²) < 4.78 is 0. The maximum absolute atomic E-state index is 3.90. The Balaban J connectivity index is -0.000000149. The van der Waals surface area contributed by atoms with E-state index in [0.29, 0.717) is 0 Å². The Morgan fingerprint density at radius 1 is 1.40 bits per heavy atom. The molecule has 0 aliphatic heterocycles. The minimum absolute atomic E-state index is 0. The third kappa shape index (κ3) is 23.3. The van der Waals surface area contributed by atoms with Gasteiger partial charge in [-0.25, -0.2) is 0 Å². The van der Waals surface area contributed by atoms with Gasteiger partial charge in [0.2, 0.25) is 0 Å². The summed E-state index contributed by atoms with van der Waals surface area (Å²) in [5, 5.41) is 0. The molecule has 59 valence electrons. The summed E-state index contributed by atoms with van der Waals surface area (Å²) in [5.41, 5.74) is 0. The third-order valence-corrected chi connectivity index (χ3v) is 0.540. The first kappa shape index (κ1) is 17.0. The minimum atomic E-state index is 0. The summed E-state index contributed by atoms with van der Waals surface area (Å²) in [6.07, 6.45) is 4.63. The molecule has 0 rings (SSSR count). The van der Waals surface area contributed by atoms with Gasteiger partial charge in [-0.1, -0.05) is 20.8 Å². The maximum atomic E-state index is 3.90. The van der Waals surface area contributed by atoms with Gasteiger partial charge in [-0.05, 0) is 6.54 Å². The fourth-order valence-corrected chi connectivity index (χ4v) is 0.270. The van der Waals surface area contributed by atoms with Gasteiger partial charge < -0.3 is 18.1 Å². The first-order valence-electron chi connectivity index (χ1n) is 3.60. The van der Waals surface area contributed by atoms with Crippen LogP contribution in [-0.4, -0.2) is 12.8 Å². The second kappa shape index (κ2) is 22.6. The van der Waals surface area contributed by atoms with Crippen LogP contribution in [0.5, 0.6) is 0 Å². The predicted molar refractivity (Wildman–Crippen MR) is 43.9 cm³/mol. The molecule has 0 bridgehead atoms. The zero-order chi connectivity index (χ0) is 7.54. The molecule has 1 radical (unpaired) electrons. The zero-order valence-electron chi connectivity index (χ0n) is 7.35. The minimum Gasteiger partial charge on any atom is -0.505 e. The average Bonchev–Trinajstić information content (AvgIpc) is 1.94. The van der Waals surface area contributed by atoms with Gasteiger partial charge in [0.05, 0.1) is 0 Å². The number of nitrogens with zero attached hydrogens (tertiary/aromatic N) is 1. The molecule has 0 N–H and O–H groups in total. The van der Waals surface area contributed by atoms with E-state index in [2.05, 4.69) is 18.1 Å². The molecule has 0 aliphatic rings. The number of hydrogen-bond donors (Lipinski definition) is 0. The van der Waals surface area contributed by atoms with Crippen molar-refractivity contribution in [3.8, 4) is 0 Å². The topological polar surface area (TPSA) is 12.4 Å². The maximum Gasteiger partial charge on any atom is 0 e.